The first kappa shape index (κ1) is 19.2. The second-order valence-corrected chi connectivity index (χ2v) is 7.00. The molecule has 0 unspecified atom stereocenters. The highest BCUT2D eigenvalue weighted by atomic mass is 16.6. The van der Waals surface area contributed by atoms with E-state index in [4.69, 9.17) is 0 Å². The third kappa shape index (κ3) is 4.69. The summed E-state index contributed by atoms with van der Waals surface area (Å²) in [7, 11) is 0. The predicted octanol–water partition coefficient (Wildman–Crippen LogP) is 3.67. The molecule has 1 aromatic carbocycles. The van der Waals surface area contributed by atoms with Gasteiger partial charge in [0, 0.05) is 19.2 Å². The molecule has 0 aromatic heterocycles. The van der Waals surface area contributed by atoms with E-state index in [-0.39, 0.29) is 23.7 Å². The van der Waals surface area contributed by atoms with Crippen LogP contribution in [0.2, 0.25) is 0 Å². The van der Waals surface area contributed by atoms with E-state index in [1.807, 2.05) is 0 Å². The molecule has 2 amide bonds. The van der Waals surface area contributed by atoms with Gasteiger partial charge in [-0.3, -0.25) is 10.1 Å². The molecule has 0 bridgehead atoms. The minimum absolute atomic E-state index is 0.00932. The minimum Gasteiger partial charge on any atom is -0.396 e. The lowest BCUT2D eigenvalue weighted by Crippen LogP contribution is -2.41. The van der Waals surface area contributed by atoms with Crippen LogP contribution < -0.4 is 10.6 Å². The van der Waals surface area contributed by atoms with Gasteiger partial charge in [0.05, 0.1) is 16.2 Å². The first-order chi connectivity index (χ1) is 11.9. The van der Waals surface area contributed by atoms with E-state index in [9.17, 15) is 20.0 Å². The zero-order valence-corrected chi connectivity index (χ0v) is 14.9. The largest absolute Gasteiger partial charge is 0.396 e. The number of anilines is 1. The van der Waals surface area contributed by atoms with E-state index < -0.39 is 4.92 Å². The van der Waals surface area contributed by atoms with Crippen molar-refractivity contribution in [3.05, 3.63) is 33.4 Å². The van der Waals surface area contributed by atoms with Crippen LogP contribution in [0.25, 0.3) is 0 Å². The number of rotatable bonds is 6. The fourth-order valence-corrected chi connectivity index (χ4v) is 3.71. The number of aryl methyl sites for hydroxylation is 1. The zero-order chi connectivity index (χ0) is 18.4. The number of nitrogens with zero attached hydrogens (tertiary/aromatic N) is 1. The van der Waals surface area contributed by atoms with Gasteiger partial charge in [-0.1, -0.05) is 25.3 Å². The van der Waals surface area contributed by atoms with Crippen LogP contribution in [0.3, 0.4) is 0 Å². The van der Waals surface area contributed by atoms with Crippen molar-refractivity contribution in [2.45, 2.75) is 52.4 Å². The topological polar surface area (TPSA) is 105 Å². The van der Waals surface area contributed by atoms with Crippen LogP contribution in [0.1, 0.15) is 49.7 Å². The number of carbonyl (C=O) groups is 1. The number of nitrogens with one attached hydrogen (secondary N) is 2. The van der Waals surface area contributed by atoms with Gasteiger partial charge in [-0.05, 0) is 44.1 Å². The molecule has 3 N–H and O–H groups in total. The number of nitro groups is 1. The molecular weight excluding hydrogens is 322 g/mol. The Morgan fingerprint density at radius 2 is 1.96 bits per heavy atom. The van der Waals surface area contributed by atoms with E-state index in [1.165, 1.54) is 12.5 Å². The van der Waals surface area contributed by atoms with Crippen molar-refractivity contribution in [3.63, 3.8) is 0 Å². The lowest BCUT2D eigenvalue weighted by molar-refractivity contribution is -0.385. The number of amides is 2. The highest BCUT2D eigenvalue weighted by Crippen LogP contribution is 2.38. The van der Waals surface area contributed by atoms with Gasteiger partial charge >= 0.3 is 6.03 Å². The third-order valence-electron chi connectivity index (χ3n) is 5.26. The summed E-state index contributed by atoms with van der Waals surface area (Å²) < 4.78 is 0. The van der Waals surface area contributed by atoms with Crippen molar-refractivity contribution >= 4 is 17.4 Å². The van der Waals surface area contributed by atoms with Crippen molar-refractivity contribution in [1.82, 2.24) is 5.32 Å². The molecule has 1 aromatic rings. The molecule has 0 atom stereocenters. The Kier molecular flexibility index (Phi) is 6.36. The van der Waals surface area contributed by atoms with E-state index in [1.54, 1.807) is 19.9 Å². The summed E-state index contributed by atoms with van der Waals surface area (Å²) in [5, 5.41) is 26.1. The Hall–Kier alpha value is -2.15. The molecule has 0 saturated heterocycles. The number of carbonyl (C=O) groups excluding carboxylic acids is 1. The van der Waals surface area contributed by atoms with Gasteiger partial charge in [-0.2, -0.15) is 0 Å². The standard InChI is InChI=1S/C18H27N3O4/c1-13-6-7-15(21(24)25)14(2)16(13)20-17(23)19-12-18(10-11-22)8-4-3-5-9-18/h6-7,22H,3-5,8-12H2,1-2H3,(H2,19,20,23). The maximum Gasteiger partial charge on any atom is 0.319 e. The first-order valence-electron chi connectivity index (χ1n) is 8.79. The Bertz CT molecular complexity index is 634. The van der Waals surface area contributed by atoms with E-state index in [0.717, 1.165) is 31.2 Å². The highest BCUT2D eigenvalue weighted by molar-refractivity contribution is 5.91. The monoisotopic (exact) mass is 349 g/mol. The molecule has 0 spiro atoms. The predicted molar refractivity (Wildman–Crippen MR) is 96.8 cm³/mol. The number of urea groups is 1. The highest BCUT2D eigenvalue weighted by Gasteiger charge is 2.32. The summed E-state index contributed by atoms with van der Waals surface area (Å²) in [6, 6.07) is 2.72. The molecule has 0 radical (unpaired) electrons. The lowest BCUT2D eigenvalue weighted by atomic mass is 9.72. The summed E-state index contributed by atoms with van der Waals surface area (Å²) in [5.74, 6) is 0. The van der Waals surface area contributed by atoms with Gasteiger partial charge in [0.15, 0.2) is 0 Å². The van der Waals surface area contributed by atoms with E-state index in [2.05, 4.69) is 10.6 Å². The number of benzene rings is 1. The smallest absolute Gasteiger partial charge is 0.319 e. The van der Waals surface area contributed by atoms with Crippen LogP contribution in [0.4, 0.5) is 16.2 Å². The summed E-state index contributed by atoms with van der Waals surface area (Å²) in [6.07, 6.45) is 6.12. The summed E-state index contributed by atoms with van der Waals surface area (Å²) in [4.78, 5) is 23.0. The fraction of sp³-hybridized carbons (Fsp3) is 0.611. The van der Waals surface area contributed by atoms with Crippen LogP contribution in [0, 0.1) is 29.4 Å². The molecule has 138 valence electrons. The quantitative estimate of drug-likeness (QED) is 0.538. The van der Waals surface area contributed by atoms with Gasteiger partial charge < -0.3 is 15.7 Å². The van der Waals surface area contributed by atoms with E-state index >= 15 is 0 Å². The van der Waals surface area contributed by atoms with Gasteiger partial charge in [0.1, 0.15) is 0 Å². The van der Waals surface area contributed by atoms with Gasteiger partial charge in [0.2, 0.25) is 0 Å². The average Bonchev–Trinajstić information content (AvgIpc) is 2.57. The number of nitro benzene ring substituents is 1. The Labute approximate surface area is 148 Å². The number of hydrogen-bond acceptors (Lipinski definition) is 4. The van der Waals surface area contributed by atoms with Crippen molar-refractivity contribution in [3.8, 4) is 0 Å². The van der Waals surface area contributed by atoms with Crippen LogP contribution >= 0.6 is 0 Å². The van der Waals surface area contributed by atoms with Crippen molar-refractivity contribution < 1.29 is 14.8 Å². The van der Waals surface area contributed by atoms with E-state index in [0.29, 0.717) is 24.2 Å². The molecule has 25 heavy (non-hydrogen) atoms. The summed E-state index contributed by atoms with van der Waals surface area (Å²) in [6.45, 7) is 4.06. The second kappa shape index (κ2) is 8.29. The molecule has 1 aliphatic carbocycles. The van der Waals surface area contributed by atoms with Crippen molar-refractivity contribution in [1.29, 1.82) is 0 Å². The molecule has 0 heterocycles. The van der Waals surface area contributed by atoms with Crippen LogP contribution in [0.15, 0.2) is 12.1 Å². The summed E-state index contributed by atoms with van der Waals surface area (Å²) >= 11 is 0. The summed E-state index contributed by atoms with van der Waals surface area (Å²) in [5.41, 5.74) is 1.65. The van der Waals surface area contributed by atoms with Crippen molar-refractivity contribution in [2.75, 3.05) is 18.5 Å². The molecule has 7 nitrogen and oxygen atoms in total. The maximum absolute atomic E-state index is 12.3. The molecule has 7 heteroatoms. The number of aliphatic hydroxyl groups is 1. The number of hydrogen-bond donors (Lipinski definition) is 3. The molecular formula is C18H27N3O4. The average molecular weight is 349 g/mol. The first-order valence-corrected chi connectivity index (χ1v) is 8.79. The third-order valence-corrected chi connectivity index (χ3v) is 5.26. The minimum atomic E-state index is -0.448. The second-order valence-electron chi connectivity index (χ2n) is 7.00. The lowest BCUT2D eigenvalue weighted by Gasteiger charge is -2.37. The SMILES string of the molecule is Cc1ccc([N+](=O)[O-])c(C)c1NC(=O)NCC1(CCO)CCCCC1. The van der Waals surface area contributed by atoms with Gasteiger partial charge in [-0.25, -0.2) is 4.79 Å². The number of aliphatic hydroxyl groups excluding tert-OH is 1. The maximum atomic E-state index is 12.3. The van der Waals surface area contributed by atoms with Crippen LogP contribution in [-0.4, -0.2) is 29.2 Å². The van der Waals surface area contributed by atoms with Crippen LogP contribution in [0.5, 0.6) is 0 Å². The Balaban J connectivity index is 2.05. The van der Waals surface area contributed by atoms with Gasteiger partial charge in [-0.15, -0.1) is 0 Å². The fourth-order valence-electron chi connectivity index (χ4n) is 3.71. The van der Waals surface area contributed by atoms with Gasteiger partial charge in [0.25, 0.3) is 5.69 Å². The van der Waals surface area contributed by atoms with Crippen LogP contribution in [-0.2, 0) is 0 Å². The molecule has 1 saturated carbocycles. The van der Waals surface area contributed by atoms with Crippen molar-refractivity contribution in [2.24, 2.45) is 5.41 Å². The molecule has 0 aliphatic heterocycles. The Morgan fingerprint density at radius 1 is 1.28 bits per heavy atom. The zero-order valence-electron chi connectivity index (χ0n) is 14.9. The molecule has 1 fully saturated rings. The normalized spacial score (nSPS) is 16.3. The Morgan fingerprint density at radius 3 is 2.56 bits per heavy atom. The molecule has 1 aliphatic rings. The molecule has 2 rings (SSSR count).